The second-order valence-corrected chi connectivity index (χ2v) is 4.58. The number of hydrogen-bond donors (Lipinski definition) is 0. The number of hydrogen-bond acceptors (Lipinski definition) is 4. The summed E-state index contributed by atoms with van der Waals surface area (Å²) >= 11 is 5.90. The van der Waals surface area contributed by atoms with Crippen molar-refractivity contribution in [2.75, 3.05) is 6.79 Å². The zero-order valence-corrected chi connectivity index (χ0v) is 9.12. The first-order valence-corrected chi connectivity index (χ1v) is 5.49. The largest absolute Gasteiger partial charge is 0.450 e. The van der Waals surface area contributed by atoms with E-state index in [0.29, 0.717) is 17.9 Å². The van der Waals surface area contributed by atoms with Crippen LogP contribution in [0.1, 0.15) is 12.8 Å². The Hall–Kier alpha value is -1.29. The van der Waals surface area contributed by atoms with E-state index in [9.17, 15) is 9.59 Å². The van der Waals surface area contributed by atoms with Gasteiger partial charge in [-0.1, -0.05) is 17.7 Å². The van der Waals surface area contributed by atoms with Crippen LogP contribution in [0.3, 0.4) is 0 Å². The molecule has 0 fully saturated rings. The highest BCUT2D eigenvalue weighted by Crippen LogP contribution is 2.41. The van der Waals surface area contributed by atoms with Gasteiger partial charge in [0.1, 0.15) is 0 Å². The molecule has 0 N–H and O–H groups in total. The lowest BCUT2D eigenvalue weighted by Gasteiger charge is -2.30. The second-order valence-electron chi connectivity index (χ2n) is 4.10. The third-order valence-electron chi connectivity index (χ3n) is 3.23. The maximum absolute atomic E-state index is 12.0. The molecule has 4 nitrogen and oxygen atoms in total. The van der Waals surface area contributed by atoms with Gasteiger partial charge in [0.15, 0.2) is 0 Å². The summed E-state index contributed by atoms with van der Waals surface area (Å²) in [7, 11) is 0. The van der Waals surface area contributed by atoms with Crippen LogP contribution in [0.25, 0.3) is 0 Å². The van der Waals surface area contributed by atoms with Crippen LogP contribution in [-0.2, 0) is 19.1 Å². The van der Waals surface area contributed by atoms with Gasteiger partial charge in [-0.15, -0.1) is 0 Å². The molecule has 84 valence electrons. The molecule has 0 unspecified atom stereocenters. The molecular formula is C11H9ClO4. The summed E-state index contributed by atoms with van der Waals surface area (Å²) in [5.74, 6) is -0.767. The lowest BCUT2D eigenvalue weighted by molar-refractivity contribution is -0.133. The Balaban J connectivity index is 2.03. The van der Waals surface area contributed by atoms with E-state index in [1.165, 1.54) is 0 Å². The lowest BCUT2D eigenvalue weighted by Crippen LogP contribution is -2.38. The summed E-state index contributed by atoms with van der Waals surface area (Å²) in [5.41, 5.74) is 0. The first kappa shape index (κ1) is 9.90. The fourth-order valence-corrected chi connectivity index (χ4v) is 2.66. The highest BCUT2D eigenvalue weighted by atomic mass is 35.5. The Morgan fingerprint density at radius 3 is 2.44 bits per heavy atom. The highest BCUT2D eigenvalue weighted by molar-refractivity contribution is 6.30. The number of ketones is 2. The van der Waals surface area contributed by atoms with E-state index in [1.807, 2.05) is 0 Å². The predicted octanol–water partition coefficient (Wildman–Crippen LogP) is 1.50. The van der Waals surface area contributed by atoms with Crippen molar-refractivity contribution in [2.24, 2.45) is 11.8 Å². The Labute approximate surface area is 96.8 Å². The van der Waals surface area contributed by atoms with Crippen LogP contribution in [0.5, 0.6) is 0 Å². The Kier molecular flexibility index (Phi) is 2.07. The van der Waals surface area contributed by atoms with Gasteiger partial charge in [0.25, 0.3) is 0 Å². The van der Waals surface area contributed by atoms with Gasteiger partial charge in [-0.3, -0.25) is 9.59 Å². The Bertz CT molecular complexity index is 449. The van der Waals surface area contributed by atoms with Crippen molar-refractivity contribution >= 4 is 23.2 Å². The Morgan fingerprint density at radius 1 is 1.12 bits per heavy atom. The van der Waals surface area contributed by atoms with Gasteiger partial charge in [-0.25, -0.2) is 0 Å². The highest BCUT2D eigenvalue weighted by Gasteiger charge is 2.48. The van der Waals surface area contributed by atoms with Crippen molar-refractivity contribution in [1.29, 1.82) is 0 Å². The number of fused-ring (bicyclic) bond motifs is 1. The molecular weight excluding hydrogens is 232 g/mol. The molecule has 0 aromatic carbocycles. The smallest absolute Gasteiger partial charge is 0.231 e. The number of halogens is 1. The zero-order chi connectivity index (χ0) is 11.3. The number of ether oxygens (including phenoxy) is 2. The molecule has 0 radical (unpaired) electrons. The average molecular weight is 241 g/mol. The van der Waals surface area contributed by atoms with Crippen molar-refractivity contribution in [3.8, 4) is 0 Å². The van der Waals surface area contributed by atoms with Crippen LogP contribution in [-0.4, -0.2) is 18.4 Å². The second kappa shape index (κ2) is 3.35. The molecule has 0 spiro atoms. The van der Waals surface area contributed by atoms with Crippen LogP contribution in [0, 0.1) is 11.8 Å². The molecule has 1 heterocycles. The SMILES string of the molecule is O=C1C2=C(OCO2)C(=O)[C@@H]2CC(Cl)=CC[C@H]12. The zero-order valence-electron chi connectivity index (χ0n) is 8.36. The summed E-state index contributed by atoms with van der Waals surface area (Å²) in [6, 6.07) is 0. The molecule has 0 saturated heterocycles. The first-order chi connectivity index (χ1) is 7.68. The van der Waals surface area contributed by atoms with Crippen LogP contribution in [0.4, 0.5) is 0 Å². The number of allylic oxidation sites excluding steroid dienone is 4. The average Bonchev–Trinajstić information content (AvgIpc) is 2.75. The fourth-order valence-electron chi connectivity index (χ4n) is 2.40. The molecule has 16 heavy (non-hydrogen) atoms. The van der Waals surface area contributed by atoms with Crippen molar-refractivity contribution in [1.82, 2.24) is 0 Å². The molecule has 0 saturated carbocycles. The molecule has 2 aliphatic carbocycles. The van der Waals surface area contributed by atoms with Gasteiger partial charge in [0.2, 0.25) is 29.9 Å². The monoisotopic (exact) mass is 240 g/mol. The van der Waals surface area contributed by atoms with E-state index in [2.05, 4.69) is 0 Å². The Morgan fingerprint density at radius 2 is 1.75 bits per heavy atom. The summed E-state index contributed by atoms with van der Waals surface area (Å²) in [6.45, 7) is -0.0389. The number of carbonyl (C=O) groups is 2. The van der Waals surface area contributed by atoms with Gasteiger partial charge in [0.05, 0.1) is 0 Å². The minimum atomic E-state index is -0.370. The van der Waals surface area contributed by atoms with E-state index in [0.717, 1.165) is 0 Å². The summed E-state index contributed by atoms with van der Waals surface area (Å²) in [6.07, 6.45) is 2.74. The van der Waals surface area contributed by atoms with Crippen LogP contribution in [0.2, 0.25) is 0 Å². The summed E-state index contributed by atoms with van der Waals surface area (Å²) < 4.78 is 10.1. The van der Waals surface area contributed by atoms with Crippen LogP contribution >= 0.6 is 11.6 Å². The molecule has 0 bridgehead atoms. The molecule has 3 rings (SSSR count). The predicted molar refractivity (Wildman–Crippen MR) is 54.2 cm³/mol. The van der Waals surface area contributed by atoms with E-state index >= 15 is 0 Å². The number of rotatable bonds is 0. The van der Waals surface area contributed by atoms with Gasteiger partial charge in [-0.2, -0.15) is 0 Å². The van der Waals surface area contributed by atoms with Gasteiger partial charge in [-0.05, 0) is 12.8 Å². The lowest BCUT2D eigenvalue weighted by atomic mass is 9.73. The van der Waals surface area contributed by atoms with E-state index in [-0.39, 0.29) is 41.7 Å². The standard InChI is InChI=1S/C11H9ClO4/c12-5-1-2-6-7(3-5)9(14)11-10(8(6)13)15-4-16-11/h1,6-7H,2-4H2/t6-,7+/m0/s1. The minimum Gasteiger partial charge on any atom is -0.450 e. The molecule has 0 aromatic heterocycles. The molecule has 0 aromatic rings. The number of Topliss-reactive ketones (excluding diaryl/α,β-unsaturated/α-hetero) is 2. The van der Waals surface area contributed by atoms with Gasteiger partial charge < -0.3 is 9.47 Å². The first-order valence-electron chi connectivity index (χ1n) is 5.11. The van der Waals surface area contributed by atoms with Gasteiger partial charge in [0, 0.05) is 16.9 Å². The third kappa shape index (κ3) is 1.23. The molecule has 5 heteroatoms. The topological polar surface area (TPSA) is 52.6 Å². The van der Waals surface area contributed by atoms with Crippen molar-refractivity contribution in [3.63, 3.8) is 0 Å². The van der Waals surface area contributed by atoms with Crippen molar-refractivity contribution in [2.45, 2.75) is 12.8 Å². The summed E-state index contributed by atoms with van der Waals surface area (Å²) in [5, 5.41) is 0.644. The van der Waals surface area contributed by atoms with E-state index in [4.69, 9.17) is 21.1 Å². The van der Waals surface area contributed by atoms with Gasteiger partial charge >= 0.3 is 0 Å². The van der Waals surface area contributed by atoms with Crippen molar-refractivity contribution in [3.05, 3.63) is 22.6 Å². The molecule has 2 atom stereocenters. The maximum Gasteiger partial charge on any atom is 0.231 e. The maximum atomic E-state index is 12.0. The molecule has 0 amide bonds. The molecule has 3 aliphatic rings. The minimum absolute atomic E-state index is 0.0389. The number of carbonyl (C=O) groups excluding carboxylic acids is 2. The quantitative estimate of drug-likeness (QED) is 0.644. The van der Waals surface area contributed by atoms with E-state index in [1.54, 1.807) is 6.08 Å². The van der Waals surface area contributed by atoms with E-state index < -0.39 is 0 Å². The van der Waals surface area contributed by atoms with Crippen LogP contribution < -0.4 is 0 Å². The molecule has 1 aliphatic heterocycles. The fraction of sp³-hybridized carbons (Fsp3) is 0.455. The normalized spacial score (nSPS) is 32.7. The van der Waals surface area contributed by atoms with Crippen molar-refractivity contribution < 1.29 is 19.1 Å². The third-order valence-corrected chi connectivity index (χ3v) is 3.54. The van der Waals surface area contributed by atoms with Crippen LogP contribution in [0.15, 0.2) is 22.6 Å². The summed E-state index contributed by atoms with van der Waals surface area (Å²) in [4.78, 5) is 24.0.